The van der Waals surface area contributed by atoms with Crippen LogP contribution in [0.3, 0.4) is 0 Å². The van der Waals surface area contributed by atoms with Gasteiger partial charge in [0.15, 0.2) is 0 Å². The van der Waals surface area contributed by atoms with Crippen LogP contribution in [0.15, 0.2) is 47.4 Å². The van der Waals surface area contributed by atoms with E-state index in [1.54, 1.807) is 12.1 Å². The molecule has 1 amide bonds. The number of nitrogens with zero attached hydrogens (tertiary/aromatic N) is 1. The minimum Gasteiger partial charge on any atom is -0.325 e. The Hall–Kier alpha value is -2.34. The van der Waals surface area contributed by atoms with E-state index in [-0.39, 0.29) is 16.8 Å². The quantitative estimate of drug-likeness (QED) is 0.503. The Labute approximate surface area is 139 Å². The fraction of sp³-hybridized carbons (Fsp3) is 0.235. The molecule has 0 unspecified atom stereocenters. The van der Waals surface area contributed by atoms with E-state index >= 15 is 0 Å². The molecule has 0 aliphatic rings. The Balaban J connectivity index is 2.02. The fourth-order valence-electron chi connectivity index (χ4n) is 2.02. The van der Waals surface area contributed by atoms with Crippen molar-refractivity contribution in [1.82, 2.24) is 0 Å². The molecule has 0 radical (unpaired) electrons. The number of carbonyl (C=O) groups is 1. The van der Waals surface area contributed by atoms with Crippen LogP contribution < -0.4 is 5.32 Å². The molecule has 0 aliphatic heterocycles. The van der Waals surface area contributed by atoms with E-state index in [1.807, 2.05) is 39.0 Å². The molecule has 0 heterocycles. The lowest BCUT2D eigenvalue weighted by atomic mass is 10.1. The van der Waals surface area contributed by atoms with E-state index in [0.29, 0.717) is 0 Å². The van der Waals surface area contributed by atoms with Crippen LogP contribution in [0.1, 0.15) is 18.1 Å². The van der Waals surface area contributed by atoms with Gasteiger partial charge in [-0.15, -0.1) is 11.8 Å². The zero-order valence-corrected chi connectivity index (χ0v) is 14.0. The van der Waals surface area contributed by atoms with Crippen molar-refractivity contribution in [2.75, 3.05) is 5.32 Å². The molecule has 2 aromatic rings. The zero-order chi connectivity index (χ0) is 17.0. The topological polar surface area (TPSA) is 72.2 Å². The molecule has 0 saturated heterocycles. The molecule has 23 heavy (non-hydrogen) atoms. The third-order valence-electron chi connectivity index (χ3n) is 3.59. The van der Waals surface area contributed by atoms with E-state index < -0.39 is 4.92 Å². The van der Waals surface area contributed by atoms with Crippen molar-refractivity contribution in [3.63, 3.8) is 0 Å². The van der Waals surface area contributed by atoms with Crippen LogP contribution >= 0.6 is 11.8 Å². The number of carbonyl (C=O) groups excluding carboxylic acids is 1. The first kappa shape index (κ1) is 17.0. The number of nitro groups is 1. The number of aryl methyl sites for hydroxylation is 1. The molecule has 0 bridgehead atoms. The minimum absolute atomic E-state index is 0.0434. The molecule has 1 atom stereocenters. The Kier molecular flexibility index (Phi) is 5.39. The summed E-state index contributed by atoms with van der Waals surface area (Å²) in [6.45, 7) is 5.78. The van der Waals surface area contributed by atoms with Gasteiger partial charge in [0.2, 0.25) is 5.91 Å². The first-order valence-corrected chi connectivity index (χ1v) is 8.04. The Morgan fingerprint density at radius 2 is 1.83 bits per heavy atom. The highest BCUT2D eigenvalue weighted by Gasteiger charge is 2.16. The second-order valence-electron chi connectivity index (χ2n) is 5.25. The van der Waals surface area contributed by atoms with Crippen LogP contribution in [0.25, 0.3) is 0 Å². The third kappa shape index (κ3) is 4.32. The van der Waals surface area contributed by atoms with Gasteiger partial charge in [0.25, 0.3) is 5.69 Å². The molecule has 6 heteroatoms. The molecule has 0 saturated carbocycles. The van der Waals surface area contributed by atoms with Crippen LogP contribution in [-0.2, 0) is 4.79 Å². The summed E-state index contributed by atoms with van der Waals surface area (Å²) in [6, 6.07) is 12.0. The number of hydrogen-bond acceptors (Lipinski definition) is 4. The maximum Gasteiger partial charge on any atom is 0.269 e. The number of benzene rings is 2. The summed E-state index contributed by atoms with van der Waals surface area (Å²) >= 11 is 1.37. The third-order valence-corrected chi connectivity index (χ3v) is 4.70. The first-order chi connectivity index (χ1) is 10.9. The standard InChI is InChI=1S/C17H18N2O3S/c1-11-5-4-6-16(12(11)2)18-17(20)13(3)23-15-9-7-14(8-10-15)19(21)22/h4-10,13H,1-3H3,(H,18,20)/t13-/m0/s1. The molecular formula is C17H18N2O3S. The molecule has 0 fully saturated rings. The van der Waals surface area contributed by atoms with E-state index in [9.17, 15) is 14.9 Å². The molecule has 2 aromatic carbocycles. The van der Waals surface area contributed by atoms with Crippen LogP contribution in [0.2, 0.25) is 0 Å². The SMILES string of the molecule is Cc1cccc(NC(=O)[C@H](C)Sc2ccc([N+](=O)[O-])cc2)c1C. The predicted octanol–water partition coefficient (Wildman–Crippen LogP) is 4.33. The predicted molar refractivity (Wildman–Crippen MR) is 93.0 cm³/mol. The average Bonchev–Trinajstić information content (AvgIpc) is 2.52. The fourth-order valence-corrected chi connectivity index (χ4v) is 2.89. The number of non-ortho nitro benzene ring substituents is 1. The summed E-state index contributed by atoms with van der Waals surface area (Å²) in [5.41, 5.74) is 3.03. The smallest absolute Gasteiger partial charge is 0.269 e. The van der Waals surface area contributed by atoms with Gasteiger partial charge in [0.1, 0.15) is 0 Å². The number of amides is 1. The van der Waals surface area contributed by atoms with Crippen molar-refractivity contribution in [3.05, 3.63) is 63.7 Å². The average molecular weight is 330 g/mol. The Morgan fingerprint density at radius 3 is 2.43 bits per heavy atom. The largest absolute Gasteiger partial charge is 0.325 e. The van der Waals surface area contributed by atoms with Crippen molar-refractivity contribution in [1.29, 1.82) is 0 Å². The summed E-state index contributed by atoms with van der Waals surface area (Å²) in [5.74, 6) is -0.0953. The van der Waals surface area contributed by atoms with E-state index in [2.05, 4.69) is 5.32 Å². The number of rotatable bonds is 5. The van der Waals surface area contributed by atoms with Gasteiger partial charge in [0.05, 0.1) is 10.2 Å². The van der Waals surface area contributed by atoms with Crippen molar-refractivity contribution in [2.45, 2.75) is 30.9 Å². The normalized spacial score (nSPS) is 11.8. The molecule has 2 rings (SSSR count). The van der Waals surface area contributed by atoms with Crippen molar-refractivity contribution >= 4 is 29.0 Å². The van der Waals surface area contributed by atoms with Gasteiger partial charge in [-0.1, -0.05) is 12.1 Å². The van der Waals surface area contributed by atoms with Gasteiger partial charge in [-0.05, 0) is 50.1 Å². The summed E-state index contributed by atoms with van der Waals surface area (Å²) in [6.07, 6.45) is 0. The van der Waals surface area contributed by atoms with E-state index in [1.165, 1.54) is 23.9 Å². The van der Waals surface area contributed by atoms with Crippen LogP contribution in [0.4, 0.5) is 11.4 Å². The Morgan fingerprint density at radius 1 is 1.17 bits per heavy atom. The highest BCUT2D eigenvalue weighted by atomic mass is 32.2. The van der Waals surface area contributed by atoms with Crippen LogP contribution in [0, 0.1) is 24.0 Å². The van der Waals surface area contributed by atoms with Gasteiger partial charge in [0, 0.05) is 22.7 Å². The highest BCUT2D eigenvalue weighted by molar-refractivity contribution is 8.00. The van der Waals surface area contributed by atoms with E-state index in [0.717, 1.165) is 21.7 Å². The van der Waals surface area contributed by atoms with Crippen molar-refractivity contribution in [2.24, 2.45) is 0 Å². The van der Waals surface area contributed by atoms with Crippen LogP contribution in [0.5, 0.6) is 0 Å². The van der Waals surface area contributed by atoms with Gasteiger partial charge in [-0.2, -0.15) is 0 Å². The lowest BCUT2D eigenvalue weighted by Gasteiger charge is -2.14. The number of hydrogen-bond donors (Lipinski definition) is 1. The van der Waals surface area contributed by atoms with Crippen LogP contribution in [-0.4, -0.2) is 16.1 Å². The maximum atomic E-state index is 12.3. The van der Waals surface area contributed by atoms with Gasteiger partial charge < -0.3 is 5.32 Å². The molecule has 120 valence electrons. The van der Waals surface area contributed by atoms with Gasteiger partial charge in [-0.3, -0.25) is 14.9 Å². The second kappa shape index (κ2) is 7.28. The molecule has 0 aliphatic carbocycles. The molecule has 0 spiro atoms. The first-order valence-electron chi connectivity index (χ1n) is 7.16. The molecular weight excluding hydrogens is 312 g/mol. The monoisotopic (exact) mass is 330 g/mol. The molecule has 5 nitrogen and oxygen atoms in total. The van der Waals surface area contributed by atoms with Gasteiger partial charge >= 0.3 is 0 Å². The number of thioether (sulfide) groups is 1. The summed E-state index contributed by atoms with van der Waals surface area (Å²) < 4.78 is 0. The lowest BCUT2D eigenvalue weighted by Crippen LogP contribution is -2.22. The Bertz CT molecular complexity index is 729. The van der Waals surface area contributed by atoms with Crippen molar-refractivity contribution < 1.29 is 9.72 Å². The summed E-state index contributed by atoms with van der Waals surface area (Å²) in [7, 11) is 0. The van der Waals surface area contributed by atoms with E-state index in [4.69, 9.17) is 0 Å². The maximum absolute atomic E-state index is 12.3. The minimum atomic E-state index is -0.439. The number of nitro benzene ring substituents is 1. The summed E-state index contributed by atoms with van der Waals surface area (Å²) in [5, 5.41) is 13.3. The molecule has 0 aromatic heterocycles. The summed E-state index contributed by atoms with van der Waals surface area (Å²) in [4.78, 5) is 23.3. The highest BCUT2D eigenvalue weighted by Crippen LogP contribution is 2.27. The second-order valence-corrected chi connectivity index (χ2v) is 6.66. The number of nitrogens with one attached hydrogen (secondary N) is 1. The van der Waals surface area contributed by atoms with Crippen molar-refractivity contribution in [3.8, 4) is 0 Å². The zero-order valence-electron chi connectivity index (χ0n) is 13.2. The number of anilines is 1. The van der Waals surface area contributed by atoms with Gasteiger partial charge in [-0.25, -0.2) is 0 Å². The lowest BCUT2D eigenvalue weighted by molar-refractivity contribution is -0.384. The molecule has 1 N–H and O–H groups in total.